The van der Waals surface area contributed by atoms with E-state index in [4.69, 9.17) is 4.74 Å². The van der Waals surface area contributed by atoms with Crippen molar-refractivity contribution >= 4 is 12.4 Å². The Bertz CT molecular complexity index is 326. The van der Waals surface area contributed by atoms with Gasteiger partial charge >= 0.3 is 0 Å². The van der Waals surface area contributed by atoms with E-state index in [-0.39, 0.29) is 12.4 Å². The molecule has 0 saturated carbocycles. The van der Waals surface area contributed by atoms with Crippen LogP contribution in [0.4, 0.5) is 0 Å². The third-order valence-corrected chi connectivity index (χ3v) is 2.70. The van der Waals surface area contributed by atoms with Gasteiger partial charge in [-0.1, -0.05) is 0 Å². The fourth-order valence-corrected chi connectivity index (χ4v) is 1.73. The fourth-order valence-electron chi connectivity index (χ4n) is 1.73. The lowest BCUT2D eigenvalue weighted by Crippen LogP contribution is -2.20. The van der Waals surface area contributed by atoms with E-state index in [0.717, 1.165) is 32.7 Å². The molecule has 0 atom stereocenters. The van der Waals surface area contributed by atoms with Crippen molar-refractivity contribution in [3.63, 3.8) is 0 Å². The Labute approximate surface area is 117 Å². The highest BCUT2D eigenvalue weighted by molar-refractivity contribution is 5.85. The van der Waals surface area contributed by atoms with Gasteiger partial charge in [0.15, 0.2) is 0 Å². The van der Waals surface area contributed by atoms with E-state index in [0.29, 0.717) is 6.10 Å². The Hall–Kier alpha value is -0.580. The topological polar surface area (TPSA) is 39.1 Å². The molecule has 1 heterocycles. The second-order valence-corrected chi connectivity index (χ2v) is 4.54. The molecule has 0 saturated heterocycles. The fraction of sp³-hybridized carbons (Fsp3) is 0.769. The van der Waals surface area contributed by atoms with Gasteiger partial charge in [-0.15, -0.1) is 12.4 Å². The second kappa shape index (κ2) is 9.36. The van der Waals surface area contributed by atoms with Gasteiger partial charge < -0.3 is 10.1 Å². The number of halogens is 1. The van der Waals surface area contributed by atoms with Crippen molar-refractivity contribution in [3.05, 3.63) is 17.5 Å². The van der Waals surface area contributed by atoms with Crippen molar-refractivity contribution in [2.45, 2.75) is 53.3 Å². The van der Waals surface area contributed by atoms with E-state index < -0.39 is 0 Å². The van der Waals surface area contributed by atoms with Gasteiger partial charge in [-0.05, 0) is 46.2 Å². The Morgan fingerprint density at radius 1 is 1.44 bits per heavy atom. The minimum atomic E-state index is 0. The molecule has 0 fully saturated rings. The Morgan fingerprint density at radius 3 is 2.78 bits per heavy atom. The summed E-state index contributed by atoms with van der Waals surface area (Å²) in [4.78, 5) is 0. The summed E-state index contributed by atoms with van der Waals surface area (Å²) in [5.41, 5.74) is 2.55. The molecule has 1 aromatic heterocycles. The maximum atomic E-state index is 5.49. The zero-order valence-corrected chi connectivity index (χ0v) is 12.7. The lowest BCUT2D eigenvalue weighted by atomic mass is 10.2. The zero-order chi connectivity index (χ0) is 12.7. The third-order valence-electron chi connectivity index (χ3n) is 2.70. The maximum absolute atomic E-state index is 5.49. The summed E-state index contributed by atoms with van der Waals surface area (Å²) in [6.45, 7) is 12.0. The van der Waals surface area contributed by atoms with Gasteiger partial charge in [0.1, 0.15) is 0 Å². The van der Waals surface area contributed by atoms with Gasteiger partial charge in [0.05, 0.1) is 18.0 Å². The zero-order valence-electron chi connectivity index (χ0n) is 11.9. The molecular formula is C13H26ClN3O. The number of hydrogen-bond acceptors (Lipinski definition) is 3. The average molecular weight is 276 g/mol. The van der Waals surface area contributed by atoms with E-state index in [2.05, 4.69) is 38.1 Å². The van der Waals surface area contributed by atoms with Crippen LogP contribution in [0.2, 0.25) is 0 Å². The molecule has 0 aliphatic rings. The van der Waals surface area contributed by atoms with E-state index >= 15 is 0 Å². The lowest BCUT2D eigenvalue weighted by Gasteiger charge is -2.09. The molecule has 1 aromatic rings. The molecule has 5 heteroatoms. The number of nitrogens with zero attached hydrogens (tertiary/aromatic N) is 2. The number of hydrogen-bond donors (Lipinski definition) is 1. The summed E-state index contributed by atoms with van der Waals surface area (Å²) in [5.74, 6) is 0. The summed E-state index contributed by atoms with van der Waals surface area (Å²) in [6.07, 6.45) is 3.32. The van der Waals surface area contributed by atoms with Crippen LogP contribution in [0.25, 0.3) is 0 Å². The van der Waals surface area contributed by atoms with Gasteiger partial charge in [0.25, 0.3) is 0 Å². The van der Waals surface area contributed by atoms with Crippen molar-refractivity contribution in [1.82, 2.24) is 15.1 Å². The van der Waals surface area contributed by atoms with Crippen molar-refractivity contribution in [3.8, 4) is 0 Å². The Balaban J connectivity index is 0.00000289. The van der Waals surface area contributed by atoms with Gasteiger partial charge in [-0.2, -0.15) is 5.10 Å². The van der Waals surface area contributed by atoms with Gasteiger partial charge in [0, 0.05) is 19.7 Å². The summed E-state index contributed by atoms with van der Waals surface area (Å²) in [5, 5.41) is 7.76. The minimum Gasteiger partial charge on any atom is -0.379 e. The highest BCUT2D eigenvalue weighted by Crippen LogP contribution is 2.06. The molecule has 0 amide bonds. The maximum Gasteiger partial charge on any atom is 0.0551 e. The van der Waals surface area contributed by atoms with Crippen LogP contribution in [0.1, 0.15) is 38.4 Å². The van der Waals surface area contributed by atoms with Crippen LogP contribution < -0.4 is 5.32 Å². The van der Waals surface area contributed by atoms with E-state index in [1.54, 1.807) is 0 Å². The third kappa shape index (κ3) is 5.85. The van der Waals surface area contributed by atoms with Crippen LogP contribution in [-0.4, -0.2) is 29.0 Å². The number of aromatic nitrogens is 2. The van der Waals surface area contributed by atoms with Gasteiger partial charge in [-0.25, -0.2) is 0 Å². The van der Waals surface area contributed by atoms with Crippen LogP contribution in [0, 0.1) is 6.92 Å². The number of rotatable bonds is 8. The van der Waals surface area contributed by atoms with E-state index in [9.17, 15) is 0 Å². The summed E-state index contributed by atoms with van der Waals surface area (Å²) in [7, 11) is 0. The number of aryl methyl sites for hydroxylation is 2. The molecule has 106 valence electrons. The molecule has 0 spiro atoms. The second-order valence-electron chi connectivity index (χ2n) is 4.54. The standard InChI is InChI=1S/C13H25N3O.ClH/c1-5-16-13(12(4)9-15-16)10-14-7-6-8-17-11(2)3;/h9,11,14H,5-8,10H2,1-4H3;1H. The first-order valence-corrected chi connectivity index (χ1v) is 6.48. The smallest absolute Gasteiger partial charge is 0.0551 e. The first kappa shape index (κ1) is 17.4. The molecule has 0 aliphatic heterocycles. The molecule has 1 rings (SSSR count). The first-order chi connectivity index (χ1) is 8.15. The molecule has 18 heavy (non-hydrogen) atoms. The predicted molar refractivity (Wildman–Crippen MR) is 77.3 cm³/mol. The highest BCUT2D eigenvalue weighted by Gasteiger charge is 2.04. The molecule has 0 unspecified atom stereocenters. The Morgan fingerprint density at radius 2 is 2.17 bits per heavy atom. The molecular weight excluding hydrogens is 250 g/mol. The Kier molecular flexibility index (Phi) is 9.06. The van der Waals surface area contributed by atoms with Crippen LogP contribution in [-0.2, 0) is 17.8 Å². The molecule has 1 N–H and O–H groups in total. The van der Waals surface area contributed by atoms with Crippen molar-refractivity contribution < 1.29 is 4.74 Å². The first-order valence-electron chi connectivity index (χ1n) is 6.48. The van der Waals surface area contributed by atoms with Crippen LogP contribution in [0.15, 0.2) is 6.20 Å². The van der Waals surface area contributed by atoms with Crippen molar-refractivity contribution in [2.24, 2.45) is 0 Å². The van der Waals surface area contributed by atoms with Crippen LogP contribution >= 0.6 is 12.4 Å². The van der Waals surface area contributed by atoms with E-state index in [1.807, 2.05) is 10.9 Å². The predicted octanol–water partition coefficient (Wildman–Crippen LogP) is 2.54. The van der Waals surface area contributed by atoms with Crippen LogP contribution in [0.3, 0.4) is 0 Å². The van der Waals surface area contributed by atoms with E-state index in [1.165, 1.54) is 11.3 Å². The van der Waals surface area contributed by atoms with Crippen molar-refractivity contribution in [1.29, 1.82) is 0 Å². The molecule has 4 nitrogen and oxygen atoms in total. The molecule has 0 radical (unpaired) electrons. The summed E-state index contributed by atoms with van der Waals surface area (Å²) in [6, 6.07) is 0. The molecule has 0 aromatic carbocycles. The number of nitrogens with one attached hydrogen (secondary N) is 1. The largest absolute Gasteiger partial charge is 0.379 e. The highest BCUT2D eigenvalue weighted by atomic mass is 35.5. The quantitative estimate of drug-likeness (QED) is 0.741. The van der Waals surface area contributed by atoms with Gasteiger partial charge in [0.2, 0.25) is 0 Å². The lowest BCUT2D eigenvalue weighted by molar-refractivity contribution is 0.0770. The summed E-state index contributed by atoms with van der Waals surface area (Å²) < 4.78 is 7.54. The van der Waals surface area contributed by atoms with Gasteiger partial charge in [-0.3, -0.25) is 4.68 Å². The minimum absolute atomic E-state index is 0. The molecule has 0 aliphatic carbocycles. The monoisotopic (exact) mass is 275 g/mol. The normalized spacial score (nSPS) is 10.7. The SMILES string of the molecule is CCn1ncc(C)c1CNCCCOC(C)C.Cl. The summed E-state index contributed by atoms with van der Waals surface area (Å²) >= 11 is 0. The van der Waals surface area contributed by atoms with Crippen LogP contribution in [0.5, 0.6) is 0 Å². The molecule has 0 bridgehead atoms. The average Bonchev–Trinajstić information content (AvgIpc) is 2.64. The van der Waals surface area contributed by atoms with Crippen molar-refractivity contribution in [2.75, 3.05) is 13.2 Å². The number of ether oxygens (including phenoxy) is 1.